The molecule has 1 aromatic heterocycles. The minimum atomic E-state index is 0.888. The second-order valence-electron chi connectivity index (χ2n) is 4.59. The normalized spacial score (nSPS) is 17.0. The Kier molecular flexibility index (Phi) is 3.28. The van der Waals surface area contributed by atoms with Crippen molar-refractivity contribution in [1.29, 1.82) is 0 Å². The number of rotatable bonds is 3. The van der Waals surface area contributed by atoms with Crippen molar-refractivity contribution in [2.75, 3.05) is 31.1 Å². The van der Waals surface area contributed by atoms with Crippen LogP contribution in [0.1, 0.15) is 5.69 Å². The lowest BCUT2D eigenvalue weighted by Crippen LogP contribution is -2.46. The average Bonchev–Trinajstić information content (AvgIpc) is 2.94. The van der Waals surface area contributed by atoms with Gasteiger partial charge in [-0.05, 0) is 12.1 Å². The maximum absolute atomic E-state index is 4.86. The summed E-state index contributed by atoms with van der Waals surface area (Å²) in [5.74, 6) is 0. The van der Waals surface area contributed by atoms with Gasteiger partial charge in [0.2, 0.25) is 0 Å². The van der Waals surface area contributed by atoms with E-state index < -0.39 is 0 Å². The Hall–Kier alpha value is -1.81. The zero-order chi connectivity index (χ0) is 12.2. The van der Waals surface area contributed by atoms with Crippen LogP contribution in [0.3, 0.4) is 0 Å². The minimum Gasteiger partial charge on any atom is -0.369 e. The molecule has 0 atom stereocenters. The highest BCUT2D eigenvalue weighted by atomic mass is 16.5. The summed E-state index contributed by atoms with van der Waals surface area (Å²) in [5.41, 5.74) is 2.33. The highest BCUT2D eigenvalue weighted by Crippen LogP contribution is 2.16. The SMILES string of the molecule is c1ccc(N2CCN(Cc3ccon3)CC2)cc1. The molecule has 0 radical (unpaired) electrons. The van der Waals surface area contributed by atoms with Gasteiger partial charge in [-0.15, -0.1) is 0 Å². The van der Waals surface area contributed by atoms with E-state index >= 15 is 0 Å². The van der Waals surface area contributed by atoms with Gasteiger partial charge in [0.1, 0.15) is 6.26 Å². The third-order valence-electron chi connectivity index (χ3n) is 3.37. The summed E-state index contributed by atoms with van der Waals surface area (Å²) >= 11 is 0. The summed E-state index contributed by atoms with van der Waals surface area (Å²) < 4.78 is 4.86. The number of hydrogen-bond acceptors (Lipinski definition) is 4. The summed E-state index contributed by atoms with van der Waals surface area (Å²) in [6, 6.07) is 12.5. The van der Waals surface area contributed by atoms with Gasteiger partial charge in [0.05, 0.1) is 5.69 Å². The number of benzene rings is 1. The van der Waals surface area contributed by atoms with Crippen LogP contribution in [0.4, 0.5) is 5.69 Å². The highest BCUT2D eigenvalue weighted by molar-refractivity contribution is 5.46. The molecule has 2 heterocycles. The number of aromatic nitrogens is 1. The van der Waals surface area contributed by atoms with Gasteiger partial charge in [0.25, 0.3) is 0 Å². The van der Waals surface area contributed by atoms with Gasteiger partial charge in [-0.2, -0.15) is 0 Å². The van der Waals surface area contributed by atoms with Crippen molar-refractivity contribution in [2.45, 2.75) is 6.54 Å². The Bertz CT molecular complexity index is 461. The van der Waals surface area contributed by atoms with Crippen LogP contribution < -0.4 is 4.90 Å². The molecule has 0 saturated carbocycles. The molecule has 0 unspecified atom stereocenters. The van der Waals surface area contributed by atoms with Crippen LogP contribution in [-0.4, -0.2) is 36.2 Å². The van der Waals surface area contributed by atoms with Crippen LogP contribution in [-0.2, 0) is 6.54 Å². The molecule has 1 aliphatic rings. The lowest BCUT2D eigenvalue weighted by atomic mass is 10.2. The van der Waals surface area contributed by atoms with Crippen molar-refractivity contribution >= 4 is 5.69 Å². The fraction of sp³-hybridized carbons (Fsp3) is 0.357. The molecule has 0 N–H and O–H groups in total. The van der Waals surface area contributed by atoms with E-state index in [4.69, 9.17) is 4.52 Å². The summed E-state index contributed by atoms with van der Waals surface area (Å²) in [4.78, 5) is 4.84. The molecule has 2 aromatic rings. The van der Waals surface area contributed by atoms with Crippen molar-refractivity contribution in [3.05, 3.63) is 48.4 Å². The van der Waals surface area contributed by atoms with Crippen LogP contribution in [0.15, 0.2) is 47.2 Å². The number of para-hydroxylation sites is 1. The van der Waals surface area contributed by atoms with Crippen LogP contribution in [0, 0.1) is 0 Å². The monoisotopic (exact) mass is 243 g/mol. The molecule has 4 nitrogen and oxygen atoms in total. The van der Waals surface area contributed by atoms with Gasteiger partial charge in [-0.1, -0.05) is 23.4 Å². The average molecular weight is 243 g/mol. The molecular formula is C14H17N3O. The summed E-state index contributed by atoms with van der Waals surface area (Å²) in [6.45, 7) is 5.17. The predicted octanol–water partition coefficient (Wildman–Crippen LogP) is 2.00. The van der Waals surface area contributed by atoms with Gasteiger partial charge < -0.3 is 9.42 Å². The summed E-state index contributed by atoms with van der Waals surface area (Å²) in [7, 11) is 0. The van der Waals surface area contributed by atoms with Crippen molar-refractivity contribution < 1.29 is 4.52 Å². The van der Waals surface area contributed by atoms with Crippen molar-refractivity contribution in [2.24, 2.45) is 0 Å². The molecule has 3 rings (SSSR count). The van der Waals surface area contributed by atoms with Gasteiger partial charge in [0, 0.05) is 44.5 Å². The van der Waals surface area contributed by atoms with Gasteiger partial charge in [-0.25, -0.2) is 0 Å². The number of anilines is 1. The van der Waals surface area contributed by atoms with Crippen molar-refractivity contribution in [1.82, 2.24) is 10.1 Å². The lowest BCUT2D eigenvalue weighted by molar-refractivity contribution is 0.242. The Labute approximate surface area is 107 Å². The van der Waals surface area contributed by atoms with E-state index in [1.54, 1.807) is 6.26 Å². The maximum Gasteiger partial charge on any atom is 0.124 e. The molecule has 1 fully saturated rings. The van der Waals surface area contributed by atoms with E-state index in [0.29, 0.717) is 0 Å². The van der Waals surface area contributed by atoms with Crippen molar-refractivity contribution in [3.8, 4) is 0 Å². The standard InChI is InChI=1S/C14H17N3O/c1-2-4-14(5-3-1)17-9-7-16(8-10-17)12-13-6-11-18-15-13/h1-6,11H,7-10,12H2. The van der Waals surface area contributed by atoms with Gasteiger partial charge >= 0.3 is 0 Å². The lowest BCUT2D eigenvalue weighted by Gasteiger charge is -2.35. The van der Waals surface area contributed by atoms with E-state index in [-0.39, 0.29) is 0 Å². The van der Waals surface area contributed by atoms with E-state index in [1.165, 1.54) is 5.69 Å². The Morgan fingerprint density at radius 3 is 2.44 bits per heavy atom. The van der Waals surface area contributed by atoms with Crippen LogP contribution >= 0.6 is 0 Å². The quantitative estimate of drug-likeness (QED) is 0.825. The molecule has 0 aliphatic carbocycles. The smallest absolute Gasteiger partial charge is 0.124 e. The van der Waals surface area contributed by atoms with Gasteiger partial charge in [0.15, 0.2) is 0 Å². The molecule has 4 heteroatoms. The van der Waals surface area contributed by atoms with Crippen LogP contribution in [0.2, 0.25) is 0 Å². The maximum atomic E-state index is 4.86. The molecule has 1 saturated heterocycles. The third-order valence-corrected chi connectivity index (χ3v) is 3.37. The first-order valence-corrected chi connectivity index (χ1v) is 6.33. The first kappa shape index (κ1) is 11.3. The van der Waals surface area contributed by atoms with E-state index in [2.05, 4.69) is 45.3 Å². The predicted molar refractivity (Wildman–Crippen MR) is 70.4 cm³/mol. The van der Waals surface area contributed by atoms with Crippen molar-refractivity contribution in [3.63, 3.8) is 0 Å². The fourth-order valence-electron chi connectivity index (χ4n) is 2.35. The first-order valence-electron chi connectivity index (χ1n) is 6.33. The molecule has 0 amide bonds. The minimum absolute atomic E-state index is 0.888. The molecular weight excluding hydrogens is 226 g/mol. The molecule has 0 bridgehead atoms. The van der Waals surface area contributed by atoms with E-state index in [9.17, 15) is 0 Å². The summed E-state index contributed by atoms with van der Waals surface area (Å²) in [5, 5.41) is 3.96. The Morgan fingerprint density at radius 1 is 1.00 bits per heavy atom. The number of hydrogen-bond donors (Lipinski definition) is 0. The molecule has 1 aliphatic heterocycles. The first-order chi connectivity index (χ1) is 8.92. The highest BCUT2D eigenvalue weighted by Gasteiger charge is 2.17. The Balaban J connectivity index is 1.55. The molecule has 0 spiro atoms. The van der Waals surface area contributed by atoms with Crippen LogP contribution in [0.5, 0.6) is 0 Å². The Morgan fingerprint density at radius 2 is 1.78 bits per heavy atom. The molecule has 18 heavy (non-hydrogen) atoms. The fourth-order valence-corrected chi connectivity index (χ4v) is 2.35. The second-order valence-corrected chi connectivity index (χ2v) is 4.59. The topological polar surface area (TPSA) is 32.5 Å². The van der Waals surface area contributed by atoms with E-state index in [0.717, 1.165) is 38.4 Å². The number of nitrogens with zero attached hydrogens (tertiary/aromatic N) is 3. The molecule has 1 aromatic carbocycles. The molecule has 94 valence electrons. The third kappa shape index (κ3) is 2.54. The van der Waals surface area contributed by atoms with E-state index in [1.807, 2.05) is 6.07 Å². The zero-order valence-electron chi connectivity index (χ0n) is 10.3. The second kappa shape index (κ2) is 5.23. The zero-order valence-corrected chi connectivity index (χ0v) is 10.3. The van der Waals surface area contributed by atoms with Gasteiger partial charge in [-0.3, -0.25) is 4.90 Å². The van der Waals surface area contributed by atoms with Crippen LogP contribution in [0.25, 0.3) is 0 Å². The number of piperazine rings is 1. The summed E-state index contributed by atoms with van der Waals surface area (Å²) in [6.07, 6.45) is 1.63. The largest absolute Gasteiger partial charge is 0.369 e.